The fourth-order valence-corrected chi connectivity index (χ4v) is 2.03. The number of alkyl halides is 3. The smallest absolute Gasteiger partial charge is 0.404 e. The molecule has 1 aliphatic heterocycles. The highest BCUT2D eigenvalue weighted by Gasteiger charge is 2.32. The Balaban J connectivity index is 2.13. The maximum absolute atomic E-state index is 12.1. The maximum atomic E-state index is 12.1. The lowest BCUT2D eigenvalue weighted by Gasteiger charge is -2.29. The van der Waals surface area contributed by atoms with E-state index in [9.17, 15) is 13.2 Å². The third-order valence-corrected chi connectivity index (χ3v) is 2.92. The van der Waals surface area contributed by atoms with Crippen molar-refractivity contribution in [3.05, 3.63) is 23.2 Å². The zero-order valence-electron chi connectivity index (χ0n) is 9.43. The van der Waals surface area contributed by atoms with Crippen LogP contribution < -0.4 is 15.0 Å². The van der Waals surface area contributed by atoms with Gasteiger partial charge in [-0.2, -0.15) is 0 Å². The molecule has 0 aromatic heterocycles. The molecule has 0 aliphatic carbocycles. The van der Waals surface area contributed by atoms with Crippen molar-refractivity contribution in [2.45, 2.75) is 6.36 Å². The highest BCUT2D eigenvalue weighted by Crippen LogP contribution is 2.33. The molecule has 1 heterocycles. The number of hydrogen-bond donors (Lipinski definition) is 1. The van der Waals surface area contributed by atoms with Crippen molar-refractivity contribution in [2.75, 3.05) is 31.1 Å². The number of anilines is 1. The fraction of sp³-hybridized carbons (Fsp3) is 0.455. The van der Waals surface area contributed by atoms with Gasteiger partial charge in [-0.15, -0.1) is 13.2 Å². The summed E-state index contributed by atoms with van der Waals surface area (Å²) in [6, 6.07) is 4.32. The van der Waals surface area contributed by atoms with Gasteiger partial charge in [0.25, 0.3) is 0 Å². The van der Waals surface area contributed by atoms with Crippen molar-refractivity contribution >= 4 is 17.3 Å². The summed E-state index contributed by atoms with van der Waals surface area (Å²) in [7, 11) is 0. The van der Waals surface area contributed by atoms with Gasteiger partial charge in [-0.3, -0.25) is 0 Å². The number of piperazine rings is 1. The van der Waals surface area contributed by atoms with Gasteiger partial charge < -0.3 is 15.0 Å². The van der Waals surface area contributed by atoms with Gasteiger partial charge in [-0.05, 0) is 18.2 Å². The van der Waals surface area contributed by atoms with Gasteiger partial charge in [0.05, 0.1) is 5.02 Å². The van der Waals surface area contributed by atoms with Crippen LogP contribution in [0.1, 0.15) is 0 Å². The van der Waals surface area contributed by atoms with E-state index in [-0.39, 0.29) is 10.8 Å². The van der Waals surface area contributed by atoms with E-state index in [1.165, 1.54) is 12.1 Å². The molecule has 1 aromatic carbocycles. The monoisotopic (exact) mass is 280 g/mol. The standard InChI is InChI=1S/C11H12ClF3N2O/c12-9-7-8(17-5-3-16-4-6-17)1-2-10(9)18-11(13,14)15/h1-2,7,16H,3-6H2. The van der Waals surface area contributed by atoms with Crippen LogP contribution in [-0.4, -0.2) is 32.5 Å². The van der Waals surface area contributed by atoms with Crippen molar-refractivity contribution in [2.24, 2.45) is 0 Å². The van der Waals surface area contributed by atoms with E-state index in [1.807, 2.05) is 0 Å². The van der Waals surface area contributed by atoms with Gasteiger partial charge in [0.15, 0.2) is 0 Å². The Morgan fingerprint density at radius 1 is 1.22 bits per heavy atom. The Labute approximate surface area is 107 Å². The Morgan fingerprint density at radius 2 is 1.89 bits per heavy atom. The summed E-state index contributed by atoms with van der Waals surface area (Å²) < 4.78 is 40.0. The van der Waals surface area contributed by atoms with Crippen molar-refractivity contribution in [1.29, 1.82) is 0 Å². The van der Waals surface area contributed by atoms with Gasteiger partial charge in [-0.25, -0.2) is 0 Å². The predicted molar refractivity (Wildman–Crippen MR) is 63.2 cm³/mol. The van der Waals surface area contributed by atoms with Crippen molar-refractivity contribution in [3.63, 3.8) is 0 Å². The molecule has 1 aromatic rings. The molecule has 0 radical (unpaired) electrons. The molecule has 7 heteroatoms. The van der Waals surface area contributed by atoms with E-state index in [1.54, 1.807) is 6.07 Å². The van der Waals surface area contributed by atoms with Crippen molar-refractivity contribution in [3.8, 4) is 5.75 Å². The molecule has 1 aliphatic rings. The molecular formula is C11H12ClF3N2O. The largest absolute Gasteiger partial charge is 0.573 e. The van der Waals surface area contributed by atoms with Gasteiger partial charge >= 0.3 is 6.36 Å². The lowest BCUT2D eigenvalue weighted by molar-refractivity contribution is -0.274. The van der Waals surface area contributed by atoms with Gasteiger partial charge in [0.1, 0.15) is 5.75 Å². The quantitative estimate of drug-likeness (QED) is 0.901. The molecule has 1 fully saturated rings. The highest BCUT2D eigenvalue weighted by atomic mass is 35.5. The van der Waals surface area contributed by atoms with E-state index in [0.29, 0.717) is 0 Å². The zero-order chi connectivity index (χ0) is 13.2. The third kappa shape index (κ3) is 3.43. The van der Waals surface area contributed by atoms with Crippen LogP contribution in [0, 0.1) is 0 Å². The molecule has 1 saturated heterocycles. The first-order valence-corrected chi connectivity index (χ1v) is 5.84. The van der Waals surface area contributed by atoms with E-state index in [0.717, 1.165) is 31.9 Å². The zero-order valence-corrected chi connectivity index (χ0v) is 10.2. The van der Waals surface area contributed by atoms with E-state index >= 15 is 0 Å². The molecule has 2 rings (SSSR count). The summed E-state index contributed by atoms with van der Waals surface area (Å²) >= 11 is 5.79. The Morgan fingerprint density at radius 3 is 2.44 bits per heavy atom. The van der Waals surface area contributed by atoms with Crippen LogP contribution in [0.5, 0.6) is 5.75 Å². The van der Waals surface area contributed by atoms with Crippen LogP contribution in [-0.2, 0) is 0 Å². The number of rotatable bonds is 2. The minimum Gasteiger partial charge on any atom is -0.404 e. The van der Waals surface area contributed by atoms with Crippen LogP contribution in [0.15, 0.2) is 18.2 Å². The first-order valence-electron chi connectivity index (χ1n) is 5.47. The summed E-state index contributed by atoms with van der Waals surface area (Å²) in [5.41, 5.74) is 0.802. The lowest BCUT2D eigenvalue weighted by Crippen LogP contribution is -2.43. The number of halogens is 4. The molecule has 0 amide bonds. The van der Waals surface area contributed by atoms with Crippen molar-refractivity contribution < 1.29 is 17.9 Å². The van der Waals surface area contributed by atoms with Gasteiger partial charge in [0.2, 0.25) is 0 Å². The molecule has 0 saturated carbocycles. The maximum Gasteiger partial charge on any atom is 0.573 e. The lowest BCUT2D eigenvalue weighted by atomic mass is 10.2. The second-order valence-electron chi connectivity index (χ2n) is 3.90. The minimum atomic E-state index is -4.72. The van der Waals surface area contributed by atoms with Crippen LogP contribution in [0.25, 0.3) is 0 Å². The highest BCUT2D eigenvalue weighted by molar-refractivity contribution is 6.32. The minimum absolute atomic E-state index is 0.0386. The summed E-state index contributed by atoms with van der Waals surface area (Å²) in [5, 5.41) is 3.15. The molecule has 0 unspecified atom stereocenters. The number of nitrogens with one attached hydrogen (secondary N) is 1. The summed E-state index contributed by atoms with van der Waals surface area (Å²) in [6.45, 7) is 3.29. The molecule has 0 spiro atoms. The molecule has 1 N–H and O–H groups in total. The molecule has 0 atom stereocenters. The van der Waals surface area contributed by atoms with Crippen molar-refractivity contribution in [1.82, 2.24) is 5.32 Å². The second-order valence-corrected chi connectivity index (χ2v) is 4.31. The predicted octanol–water partition coefficient (Wildman–Crippen LogP) is 2.65. The summed E-state index contributed by atoms with van der Waals surface area (Å²) in [5.74, 6) is -0.372. The Bertz CT molecular complexity index is 419. The van der Waals surface area contributed by atoms with Crippen LogP contribution in [0.4, 0.5) is 18.9 Å². The number of nitrogens with zero attached hydrogens (tertiary/aromatic N) is 1. The van der Waals surface area contributed by atoms with Crippen LogP contribution in [0.2, 0.25) is 5.02 Å². The second kappa shape index (κ2) is 5.24. The molecule has 3 nitrogen and oxygen atoms in total. The Hall–Kier alpha value is -1.14. The SMILES string of the molecule is FC(F)(F)Oc1ccc(N2CCNCC2)cc1Cl. The molecule has 0 bridgehead atoms. The average Bonchev–Trinajstić information content (AvgIpc) is 2.31. The number of hydrogen-bond acceptors (Lipinski definition) is 3. The van der Waals surface area contributed by atoms with Gasteiger partial charge in [0, 0.05) is 31.9 Å². The first kappa shape index (κ1) is 13.3. The van der Waals surface area contributed by atoms with Gasteiger partial charge in [-0.1, -0.05) is 11.6 Å². The third-order valence-electron chi connectivity index (χ3n) is 2.62. The van der Waals surface area contributed by atoms with E-state index in [4.69, 9.17) is 11.6 Å². The Kier molecular flexibility index (Phi) is 3.87. The first-order chi connectivity index (χ1) is 8.46. The van der Waals surface area contributed by atoms with Crippen LogP contribution >= 0.6 is 11.6 Å². The van der Waals surface area contributed by atoms with E-state index < -0.39 is 6.36 Å². The van der Waals surface area contributed by atoms with Crippen LogP contribution in [0.3, 0.4) is 0 Å². The fourth-order valence-electron chi connectivity index (χ4n) is 1.82. The van der Waals surface area contributed by atoms with E-state index in [2.05, 4.69) is 15.0 Å². The summed E-state index contributed by atoms with van der Waals surface area (Å²) in [6.07, 6.45) is -4.72. The number of ether oxygens (including phenoxy) is 1. The molecular weight excluding hydrogens is 269 g/mol. The average molecular weight is 281 g/mol. The molecule has 18 heavy (non-hydrogen) atoms. The molecule has 100 valence electrons. The normalized spacial score (nSPS) is 16.8. The number of benzene rings is 1. The topological polar surface area (TPSA) is 24.5 Å². The summed E-state index contributed by atoms with van der Waals surface area (Å²) in [4.78, 5) is 2.06.